The number of carbonyl (C=O) groups excluding carboxylic acids is 2. The first-order chi connectivity index (χ1) is 13.4. The van der Waals surface area contributed by atoms with Gasteiger partial charge in [0.15, 0.2) is 0 Å². The molecule has 0 unspecified atom stereocenters. The summed E-state index contributed by atoms with van der Waals surface area (Å²) in [5, 5.41) is 12.9. The number of amides is 2. The van der Waals surface area contributed by atoms with Gasteiger partial charge in [-0.2, -0.15) is 0 Å². The molecule has 2 fully saturated rings. The van der Waals surface area contributed by atoms with E-state index in [4.69, 9.17) is 10.5 Å². The van der Waals surface area contributed by atoms with E-state index < -0.39 is 29.8 Å². The first-order valence-corrected chi connectivity index (χ1v) is 10.9. The Balaban J connectivity index is 1.59. The molecule has 152 valence electrons. The van der Waals surface area contributed by atoms with Crippen molar-refractivity contribution >= 4 is 34.1 Å². The maximum absolute atomic E-state index is 13.0. The molecule has 1 aromatic heterocycles. The standard InChI is InChI=1S/C20H26N2O5S/c1-2-3-9-4-5-10-13(8-9)28-19(14(10)17(21)23)22-18(24)15-11-6-7-12(27-11)16(15)20(25)26/h9,11-12,15-16H,2-8H2,1H3,(H2,21,23)(H,22,24)(H,25,26)/t9-,11-,12+,15-,16-/m0/s1. The molecule has 28 heavy (non-hydrogen) atoms. The highest BCUT2D eigenvalue weighted by Crippen LogP contribution is 2.45. The molecule has 3 aliphatic rings. The number of hydrogen-bond donors (Lipinski definition) is 3. The Bertz CT molecular complexity index is 820. The fourth-order valence-corrected chi connectivity index (χ4v) is 6.55. The second kappa shape index (κ2) is 7.48. The van der Waals surface area contributed by atoms with Crippen LogP contribution in [0.3, 0.4) is 0 Å². The lowest BCUT2D eigenvalue weighted by molar-refractivity contribution is -0.147. The van der Waals surface area contributed by atoms with Crippen molar-refractivity contribution < 1.29 is 24.2 Å². The SMILES string of the molecule is CCC[C@H]1CCc2c(sc(NC(=O)[C@@H]3[C@@H](C(=O)O)[C@H]4CC[C@@H]3O4)c2C(N)=O)C1. The minimum Gasteiger partial charge on any atom is -0.481 e. The molecule has 2 aliphatic heterocycles. The smallest absolute Gasteiger partial charge is 0.310 e. The third-order valence-corrected chi connectivity index (χ3v) is 7.58. The minimum absolute atomic E-state index is 0.369. The van der Waals surface area contributed by atoms with Crippen LogP contribution < -0.4 is 11.1 Å². The van der Waals surface area contributed by atoms with Gasteiger partial charge >= 0.3 is 5.97 Å². The molecular weight excluding hydrogens is 380 g/mol. The molecule has 1 aromatic rings. The molecule has 4 rings (SSSR count). The van der Waals surface area contributed by atoms with Crippen molar-refractivity contribution in [2.24, 2.45) is 23.5 Å². The zero-order valence-corrected chi connectivity index (χ0v) is 16.7. The number of ether oxygens (including phenoxy) is 1. The van der Waals surface area contributed by atoms with E-state index in [9.17, 15) is 19.5 Å². The van der Waals surface area contributed by atoms with Crippen LogP contribution in [0.15, 0.2) is 0 Å². The Morgan fingerprint density at radius 1 is 1.21 bits per heavy atom. The summed E-state index contributed by atoms with van der Waals surface area (Å²) in [4.78, 5) is 37.9. The van der Waals surface area contributed by atoms with E-state index in [1.807, 2.05) is 0 Å². The molecule has 2 saturated heterocycles. The van der Waals surface area contributed by atoms with E-state index in [1.54, 1.807) is 0 Å². The third-order valence-electron chi connectivity index (χ3n) is 6.41. The maximum atomic E-state index is 13.0. The Kier molecular flexibility index (Phi) is 5.18. The normalized spacial score (nSPS) is 30.8. The molecule has 0 radical (unpaired) electrons. The summed E-state index contributed by atoms with van der Waals surface area (Å²) >= 11 is 1.42. The lowest BCUT2D eigenvalue weighted by Gasteiger charge is -2.23. The monoisotopic (exact) mass is 406 g/mol. The van der Waals surface area contributed by atoms with E-state index in [-0.39, 0.29) is 12.0 Å². The fourth-order valence-electron chi connectivity index (χ4n) is 5.18. The average Bonchev–Trinajstić information content (AvgIpc) is 3.33. The number of carboxylic acid groups (broad SMARTS) is 1. The van der Waals surface area contributed by atoms with Crippen LogP contribution in [0, 0.1) is 17.8 Å². The van der Waals surface area contributed by atoms with Crippen LogP contribution in [0.1, 0.15) is 59.8 Å². The van der Waals surface area contributed by atoms with E-state index in [0.717, 1.165) is 42.5 Å². The quantitative estimate of drug-likeness (QED) is 0.671. The number of primary amides is 1. The van der Waals surface area contributed by atoms with Gasteiger partial charge in [0.25, 0.3) is 5.91 Å². The summed E-state index contributed by atoms with van der Waals surface area (Å²) in [6.45, 7) is 2.17. The Hall–Kier alpha value is -1.93. The zero-order chi connectivity index (χ0) is 20.0. The van der Waals surface area contributed by atoms with Gasteiger partial charge in [0.05, 0.1) is 29.6 Å². The van der Waals surface area contributed by atoms with Crippen LogP contribution >= 0.6 is 11.3 Å². The molecule has 3 heterocycles. The number of nitrogens with one attached hydrogen (secondary N) is 1. The van der Waals surface area contributed by atoms with E-state index in [0.29, 0.717) is 29.3 Å². The van der Waals surface area contributed by atoms with Crippen LogP contribution in [0.5, 0.6) is 0 Å². The largest absolute Gasteiger partial charge is 0.481 e. The maximum Gasteiger partial charge on any atom is 0.310 e. The molecule has 1 aliphatic carbocycles. The summed E-state index contributed by atoms with van der Waals surface area (Å²) in [6.07, 6.45) is 5.57. The van der Waals surface area contributed by atoms with Crippen molar-refractivity contribution in [3.63, 3.8) is 0 Å². The highest BCUT2D eigenvalue weighted by molar-refractivity contribution is 7.17. The Morgan fingerprint density at radius 3 is 2.57 bits per heavy atom. The first-order valence-electron chi connectivity index (χ1n) is 10.0. The average molecular weight is 407 g/mol. The number of fused-ring (bicyclic) bond motifs is 3. The molecule has 0 spiro atoms. The molecule has 2 bridgehead atoms. The van der Waals surface area contributed by atoms with Gasteiger partial charge in [0.2, 0.25) is 5.91 Å². The highest BCUT2D eigenvalue weighted by Gasteiger charge is 2.55. The molecule has 7 nitrogen and oxygen atoms in total. The number of aliphatic carboxylic acids is 1. The van der Waals surface area contributed by atoms with E-state index in [1.165, 1.54) is 11.3 Å². The van der Waals surface area contributed by atoms with Crippen molar-refractivity contribution in [2.45, 2.75) is 64.1 Å². The molecule has 5 atom stereocenters. The summed E-state index contributed by atoms with van der Waals surface area (Å²) in [7, 11) is 0. The molecule has 2 amide bonds. The summed E-state index contributed by atoms with van der Waals surface area (Å²) in [5.41, 5.74) is 7.00. The Morgan fingerprint density at radius 2 is 1.93 bits per heavy atom. The van der Waals surface area contributed by atoms with Gasteiger partial charge in [-0.3, -0.25) is 14.4 Å². The number of carboxylic acids is 1. The molecule has 0 aromatic carbocycles. The van der Waals surface area contributed by atoms with Crippen LogP contribution in [0.2, 0.25) is 0 Å². The van der Waals surface area contributed by atoms with Gasteiger partial charge in [-0.25, -0.2) is 0 Å². The molecule has 4 N–H and O–H groups in total. The number of anilines is 1. The van der Waals surface area contributed by atoms with Crippen molar-refractivity contribution in [1.82, 2.24) is 0 Å². The second-order valence-corrected chi connectivity index (χ2v) is 9.24. The molecule has 8 heteroatoms. The predicted octanol–water partition coefficient (Wildman–Crippen LogP) is 2.57. The number of nitrogens with two attached hydrogens (primary N) is 1. The summed E-state index contributed by atoms with van der Waals surface area (Å²) in [6, 6.07) is 0. The van der Waals surface area contributed by atoms with Gasteiger partial charge in [0, 0.05) is 4.88 Å². The van der Waals surface area contributed by atoms with E-state index >= 15 is 0 Å². The van der Waals surface area contributed by atoms with Crippen molar-refractivity contribution in [1.29, 1.82) is 0 Å². The van der Waals surface area contributed by atoms with Crippen LogP contribution in [0.4, 0.5) is 5.00 Å². The van der Waals surface area contributed by atoms with Crippen LogP contribution in [-0.4, -0.2) is 35.1 Å². The van der Waals surface area contributed by atoms with Gasteiger partial charge in [-0.1, -0.05) is 19.8 Å². The van der Waals surface area contributed by atoms with Crippen molar-refractivity contribution in [2.75, 3.05) is 5.32 Å². The fraction of sp³-hybridized carbons (Fsp3) is 0.650. The van der Waals surface area contributed by atoms with E-state index in [2.05, 4.69) is 12.2 Å². The number of rotatable bonds is 6. The predicted molar refractivity (Wildman–Crippen MR) is 104 cm³/mol. The Labute approximate surface area is 167 Å². The third kappa shape index (κ3) is 3.22. The first kappa shape index (κ1) is 19.4. The molecule has 0 saturated carbocycles. The van der Waals surface area contributed by atoms with Gasteiger partial charge in [0.1, 0.15) is 5.00 Å². The van der Waals surface area contributed by atoms with Crippen LogP contribution in [-0.2, 0) is 27.2 Å². The highest BCUT2D eigenvalue weighted by atomic mass is 32.1. The van der Waals surface area contributed by atoms with Gasteiger partial charge in [-0.05, 0) is 43.6 Å². The lowest BCUT2D eigenvalue weighted by Crippen LogP contribution is -2.41. The van der Waals surface area contributed by atoms with Gasteiger partial charge < -0.3 is 20.9 Å². The topological polar surface area (TPSA) is 119 Å². The van der Waals surface area contributed by atoms with Gasteiger partial charge in [-0.15, -0.1) is 11.3 Å². The zero-order valence-electron chi connectivity index (χ0n) is 15.9. The number of thiophene rings is 1. The summed E-state index contributed by atoms with van der Waals surface area (Å²) < 4.78 is 5.69. The van der Waals surface area contributed by atoms with Crippen LogP contribution in [0.25, 0.3) is 0 Å². The second-order valence-electron chi connectivity index (χ2n) is 8.14. The minimum atomic E-state index is -1.00. The molecular formula is C20H26N2O5S. The van der Waals surface area contributed by atoms with Crippen molar-refractivity contribution in [3.8, 4) is 0 Å². The summed E-state index contributed by atoms with van der Waals surface area (Å²) in [5.74, 6) is -2.90. The lowest BCUT2D eigenvalue weighted by atomic mass is 9.78. The number of hydrogen-bond acceptors (Lipinski definition) is 5. The number of carbonyl (C=O) groups is 3. The van der Waals surface area contributed by atoms with Crippen molar-refractivity contribution in [3.05, 3.63) is 16.0 Å².